The summed E-state index contributed by atoms with van der Waals surface area (Å²) in [5.41, 5.74) is -0.468. The quantitative estimate of drug-likeness (QED) is 0.654. The van der Waals surface area contributed by atoms with E-state index < -0.39 is 23.7 Å². The van der Waals surface area contributed by atoms with E-state index in [-0.39, 0.29) is 46.7 Å². The fraction of sp³-hybridized carbons (Fsp3) is 0.864. The van der Waals surface area contributed by atoms with Gasteiger partial charge in [0.05, 0.1) is 12.2 Å². The van der Waals surface area contributed by atoms with Crippen molar-refractivity contribution < 1.29 is 28.5 Å². The monoisotopic (exact) mass is 398 g/mol. The molecule has 0 bridgehead atoms. The first-order valence-corrected chi connectivity index (χ1v) is 10.7. The third-order valence-corrected chi connectivity index (χ3v) is 9.05. The van der Waals surface area contributed by atoms with Crippen LogP contribution >= 0.6 is 0 Å². The van der Waals surface area contributed by atoms with Gasteiger partial charge >= 0.3 is 5.97 Å². The molecule has 2 N–H and O–H groups in total. The second kappa shape index (κ2) is 6.76. The first kappa shape index (κ1) is 20.3. The molecule has 4 aliphatic carbocycles. The molecule has 0 heterocycles. The summed E-state index contributed by atoms with van der Waals surface area (Å²) in [6.07, 6.45) is 1.10. The van der Waals surface area contributed by atoms with E-state index in [0.29, 0.717) is 25.7 Å². The minimum atomic E-state index is -1.56. The maximum Gasteiger partial charge on any atom is 0.302 e. The number of fused-ring (bicyclic) bond motifs is 5. The number of carbonyl (C=O) groups is 1. The molecule has 5 unspecified atom stereocenters. The number of hydrogen-bond donors (Lipinski definition) is 2. The van der Waals surface area contributed by atoms with Crippen LogP contribution in [0.1, 0.15) is 65.7 Å². The van der Waals surface area contributed by atoms with Crippen molar-refractivity contribution in [1.82, 2.24) is 0 Å². The summed E-state index contributed by atoms with van der Waals surface area (Å²) in [6.45, 7) is 5.52. The number of halogens is 2. The minimum Gasteiger partial charge on any atom is -0.463 e. The third kappa shape index (κ3) is 2.78. The number of hydrogen-bond acceptors (Lipinski definition) is 4. The highest BCUT2D eigenvalue weighted by atomic mass is 19.3. The molecule has 9 atom stereocenters. The van der Waals surface area contributed by atoms with Gasteiger partial charge in [-0.25, -0.2) is 0 Å². The molecular weight excluding hydrogens is 366 g/mol. The molecule has 6 heteroatoms. The third-order valence-electron chi connectivity index (χ3n) is 9.05. The SMILES string of the molecule is CC(=O)O[C@H]1CC[C@]2(C)C3CC[C@]4(C)C(=C(F)F)CCC4C3C(O)[C@H](O)C2C1. The zero-order valence-corrected chi connectivity index (χ0v) is 17.0. The van der Waals surface area contributed by atoms with Gasteiger partial charge in [-0.15, -0.1) is 0 Å². The summed E-state index contributed by atoms with van der Waals surface area (Å²) in [4.78, 5) is 11.4. The van der Waals surface area contributed by atoms with Gasteiger partial charge in [0.15, 0.2) is 0 Å². The van der Waals surface area contributed by atoms with Crippen LogP contribution in [0.3, 0.4) is 0 Å². The van der Waals surface area contributed by atoms with Gasteiger partial charge in [-0.3, -0.25) is 4.79 Å². The lowest BCUT2D eigenvalue weighted by atomic mass is 9.43. The van der Waals surface area contributed by atoms with E-state index in [2.05, 4.69) is 6.92 Å². The van der Waals surface area contributed by atoms with Crippen LogP contribution in [-0.4, -0.2) is 34.5 Å². The van der Waals surface area contributed by atoms with Crippen molar-refractivity contribution in [2.45, 2.75) is 84.0 Å². The van der Waals surface area contributed by atoms with Gasteiger partial charge in [-0.1, -0.05) is 13.8 Å². The van der Waals surface area contributed by atoms with Gasteiger partial charge in [-0.2, -0.15) is 8.78 Å². The fourth-order valence-corrected chi connectivity index (χ4v) is 7.69. The molecule has 0 radical (unpaired) electrons. The van der Waals surface area contributed by atoms with Crippen LogP contribution in [0, 0.1) is 34.5 Å². The molecule has 0 spiro atoms. The molecule has 4 aliphatic rings. The highest BCUT2D eigenvalue weighted by Crippen LogP contribution is 2.67. The van der Waals surface area contributed by atoms with Crippen LogP contribution in [0.25, 0.3) is 0 Å². The molecule has 4 rings (SSSR count). The van der Waals surface area contributed by atoms with Crippen LogP contribution in [-0.2, 0) is 9.53 Å². The van der Waals surface area contributed by atoms with Crippen molar-refractivity contribution >= 4 is 5.97 Å². The van der Waals surface area contributed by atoms with E-state index in [4.69, 9.17) is 4.74 Å². The predicted octanol–water partition coefficient (Wildman–Crippen LogP) is 4.05. The Morgan fingerprint density at radius 1 is 1.04 bits per heavy atom. The number of esters is 1. The fourth-order valence-electron chi connectivity index (χ4n) is 7.69. The molecule has 4 saturated carbocycles. The molecule has 4 nitrogen and oxygen atoms in total. The Balaban J connectivity index is 1.66. The number of carbonyl (C=O) groups excluding carboxylic acids is 1. The number of rotatable bonds is 1. The largest absolute Gasteiger partial charge is 0.463 e. The Hall–Kier alpha value is -1.01. The van der Waals surface area contributed by atoms with Crippen molar-refractivity contribution in [1.29, 1.82) is 0 Å². The van der Waals surface area contributed by atoms with E-state index in [1.165, 1.54) is 6.92 Å². The molecule has 4 fully saturated rings. The first-order chi connectivity index (χ1) is 13.1. The second-order valence-corrected chi connectivity index (χ2v) is 10.1. The van der Waals surface area contributed by atoms with Gasteiger partial charge < -0.3 is 14.9 Å². The average Bonchev–Trinajstić information content (AvgIpc) is 2.97. The maximum atomic E-state index is 13.6. The zero-order chi connectivity index (χ0) is 20.4. The Kier molecular flexibility index (Phi) is 4.90. The summed E-state index contributed by atoms with van der Waals surface area (Å²) in [7, 11) is 0. The van der Waals surface area contributed by atoms with Gasteiger partial charge in [0, 0.05) is 12.5 Å². The molecule has 28 heavy (non-hydrogen) atoms. The maximum absolute atomic E-state index is 13.6. The number of allylic oxidation sites excluding steroid dienone is 1. The Morgan fingerprint density at radius 3 is 2.39 bits per heavy atom. The Labute approximate surface area is 165 Å². The van der Waals surface area contributed by atoms with Gasteiger partial charge in [-0.05, 0) is 79.4 Å². The van der Waals surface area contributed by atoms with Crippen molar-refractivity contribution in [3.63, 3.8) is 0 Å². The molecule has 0 saturated heterocycles. The van der Waals surface area contributed by atoms with Crippen molar-refractivity contribution in [2.24, 2.45) is 34.5 Å². The summed E-state index contributed by atoms with van der Waals surface area (Å²) in [6, 6.07) is 0. The number of aliphatic hydroxyl groups is 2. The van der Waals surface area contributed by atoms with E-state index >= 15 is 0 Å². The predicted molar refractivity (Wildman–Crippen MR) is 99.3 cm³/mol. The highest BCUT2D eigenvalue weighted by molar-refractivity contribution is 5.66. The molecular formula is C22H32F2O4. The van der Waals surface area contributed by atoms with Gasteiger partial charge in [0.25, 0.3) is 6.08 Å². The summed E-state index contributed by atoms with van der Waals surface area (Å²) in [5.74, 6) is -0.424. The summed E-state index contributed by atoms with van der Waals surface area (Å²) < 4.78 is 32.6. The smallest absolute Gasteiger partial charge is 0.302 e. The number of aliphatic hydroxyl groups excluding tert-OH is 2. The zero-order valence-electron chi connectivity index (χ0n) is 17.0. The van der Waals surface area contributed by atoms with Crippen molar-refractivity contribution in [3.05, 3.63) is 11.7 Å². The van der Waals surface area contributed by atoms with E-state index in [1.807, 2.05) is 6.92 Å². The van der Waals surface area contributed by atoms with Gasteiger partial charge in [0.2, 0.25) is 0 Å². The van der Waals surface area contributed by atoms with Crippen molar-refractivity contribution in [3.8, 4) is 0 Å². The van der Waals surface area contributed by atoms with Crippen LogP contribution < -0.4 is 0 Å². The van der Waals surface area contributed by atoms with E-state index in [9.17, 15) is 23.8 Å². The van der Waals surface area contributed by atoms with Crippen LogP contribution in [0.4, 0.5) is 8.78 Å². The Morgan fingerprint density at radius 2 is 1.75 bits per heavy atom. The first-order valence-electron chi connectivity index (χ1n) is 10.7. The van der Waals surface area contributed by atoms with Crippen LogP contribution in [0.15, 0.2) is 11.7 Å². The van der Waals surface area contributed by atoms with Gasteiger partial charge in [0.1, 0.15) is 6.10 Å². The van der Waals surface area contributed by atoms with Crippen LogP contribution in [0.2, 0.25) is 0 Å². The molecule has 0 aromatic heterocycles. The lowest BCUT2D eigenvalue weighted by Crippen LogP contribution is -2.64. The lowest BCUT2D eigenvalue weighted by molar-refractivity contribution is -0.220. The number of ether oxygens (including phenoxy) is 1. The van der Waals surface area contributed by atoms with Crippen LogP contribution in [0.5, 0.6) is 0 Å². The Bertz CT molecular complexity index is 690. The summed E-state index contributed by atoms with van der Waals surface area (Å²) in [5, 5.41) is 22.2. The second-order valence-electron chi connectivity index (χ2n) is 10.1. The topological polar surface area (TPSA) is 66.8 Å². The standard InChI is InChI=1S/C22H32F2O4/c1-11(25)28-12-6-8-22(3)14-7-9-21(2)13(4-5-15(21)20(23)24)17(14)19(27)18(26)16(22)10-12/h12-14,16-19,26-27H,4-10H2,1-3H3/t12-,13?,14?,16?,17?,18+,19?,21-,22+/m0/s1. The minimum absolute atomic E-state index is 0.0173. The van der Waals surface area contributed by atoms with E-state index in [1.54, 1.807) is 0 Å². The average molecular weight is 398 g/mol. The molecule has 0 aromatic carbocycles. The normalized spacial score (nSPS) is 50.4. The molecule has 158 valence electrons. The highest BCUT2D eigenvalue weighted by Gasteiger charge is 2.64. The lowest BCUT2D eigenvalue weighted by Gasteiger charge is -2.63. The van der Waals surface area contributed by atoms with Crippen molar-refractivity contribution in [2.75, 3.05) is 0 Å². The van der Waals surface area contributed by atoms with E-state index in [0.717, 1.165) is 19.3 Å². The molecule has 0 aliphatic heterocycles. The molecule has 0 amide bonds. The molecule has 0 aromatic rings. The summed E-state index contributed by atoms with van der Waals surface area (Å²) >= 11 is 0.